The van der Waals surface area contributed by atoms with E-state index in [1.165, 1.54) is 11.1 Å². The van der Waals surface area contributed by atoms with Crippen molar-refractivity contribution in [2.75, 3.05) is 5.32 Å². The number of carbonyl (C=O) groups is 1. The van der Waals surface area contributed by atoms with Gasteiger partial charge in [-0.25, -0.2) is 0 Å². The summed E-state index contributed by atoms with van der Waals surface area (Å²) in [5.74, 6) is 0.337. The van der Waals surface area contributed by atoms with E-state index in [9.17, 15) is 4.79 Å². The van der Waals surface area contributed by atoms with Crippen molar-refractivity contribution < 1.29 is 4.79 Å². The Morgan fingerprint density at radius 2 is 1.96 bits per heavy atom. The van der Waals surface area contributed by atoms with Crippen molar-refractivity contribution in [2.24, 2.45) is 7.05 Å². The van der Waals surface area contributed by atoms with E-state index in [1.54, 1.807) is 24.0 Å². The second-order valence-electron chi connectivity index (χ2n) is 5.58. The van der Waals surface area contributed by atoms with E-state index < -0.39 is 0 Å². The summed E-state index contributed by atoms with van der Waals surface area (Å²) in [5.41, 5.74) is 3.68. The molecule has 0 bridgehead atoms. The smallest absolute Gasteiger partial charge is 0.260 e. The zero-order valence-corrected chi connectivity index (χ0v) is 13.4. The number of nitrogens with zero attached hydrogens (tertiary/aromatic N) is 4. The number of hydrogen-bond donors (Lipinski definition) is 1. The minimum Gasteiger partial charge on any atom is -0.305 e. The van der Waals surface area contributed by atoms with Crippen molar-refractivity contribution in [3.8, 4) is 0 Å². The van der Waals surface area contributed by atoms with Crippen LogP contribution in [0.3, 0.4) is 0 Å². The van der Waals surface area contributed by atoms with Crippen LogP contribution in [-0.4, -0.2) is 25.5 Å². The van der Waals surface area contributed by atoms with E-state index in [4.69, 9.17) is 0 Å². The standard InChI is InChI=1S/C17H19N5O/c1-12-6-4-5-7-14(12)10-22-9-8-16(20-22)18-17(23)15-11-21(3)19-13(15)2/h4-9,11H,10H2,1-3H3,(H,18,20,23). The molecular formula is C17H19N5O. The Bertz CT molecular complexity index is 846. The van der Waals surface area contributed by atoms with Crippen molar-refractivity contribution in [1.82, 2.24) is 19.6 Å². The van der Waals surface area contributed by atoms with Gasteiger partial charge >= 0.3 is 0 Å². The molecule has 0 unspecified atom stereocenters. The molecule has 118 valence electrons. The third kappa shape index (κ3) is 3.31. The Kier molecular flexibility index (Phi) is 3.97. The summed E-state index contributed by atoms with van der Waals surface area (Å²) in [4.78, 5) is 12.3. The van der Waals surface area contributed by atoms with Gasteiger partial charge in [0.1, 0.15) is 0 Å². The van der Waals surface area contributed by atoms with Gasteiger partial charge in [0, 0.05) is 25.5 Å². The number of aromatic nitrogens is 4. The number of rotatable bonds is 4. The lowest BCUT2D eigenvalue weighted by molar-refractivity contribution is 0.102. The average molecular weight is 309 g/mol. The molecule has 3 aromatic rings. The number of carbonyl (C=O) groups excluding carboxylic acids is 1. The maximum absolute atomic E-state index is 12.3. The molecule has 0 aliphatic carbocycles. The Morgan fingerprint density at radius 3 is 2.65 bits per heavy atom. The largest absolute Gasteiger partial charge is 0.305 e. The van der Waals surface area contributed by atoms with Crippen LogP contribution >= 0.6 is 0 Å². The SMILES string of the molecule is Cc1ccccc1Cn1ccc(NC(=O)c2cn(C)nc2C)n1. The summed E-state index contributed by atoms with van der Waals surface area (Å²) in [7, 11) is 1.79. The number of anilines is 1. The van der Waals surface area contributed by atoms with E-state index in [-0.39, 0.29) is 5.91 Å². The molecule has 0 aliphatic heterocycles. The third-order valence-electron chi connectivity index (χ3n) is 3.73. The highest BCUT2D eigenvalue weighted by Crippen LogP contribution is 2.12. The van der Waals surface area contributed by atoms with Gasteiger partial charge in [0.25, 0.3) is 5.91 Å². The topological polar surface area (TPSA) is 64.7 Å². The normalized spacial score (nSPS) is 10.7. The van der Waals surface area contributed by atoms with Gasteiger partial charge in [-0.3, -0.25) is 14.2 Å². The summed E-state index contributed by atoms with van der Waals surface area (Å²) in [6.07, 6.45) is 3.56. The highest BCUT2D eigenvalue weighted by atomic mass is 16.1. The number of amides is 1. The fourth-order valence-corrected chi connectivity index (χ4v) is 2.48. The van der Waals surface area contributed by atoms with Crippen molar-refractivity contribution in [1.29, 1.82) is 0 Å². The van der Waals surface area contributed by atoms with Crippen LogP contribution in [0.4, 0.5) is 5.82 Å². The van der Waals surface area contributed by atoms with Crippen molar-refractivity contribution in [2.45, 2.75) is 20.4 Å². The summed E-state index contributed by atoms with van der Waals surface area (Å²) in [6, 6.07) is 9.98. The van der Waals surface area contributed by atoms with Crippen LogP contribution in [0.15, 0.2) is 42.7 Å². The van der Waals surface area contributed by atoms with Gasteiger partial charge in [-0.05, 0) is 25.0 Å². The number of hydrogen-bond acceptors (Lipinski definition) is 3. The summed E-state index contributed by atoms with van der Waals surface area (Å²) in [6.45, 7) is 4.56. The molecule has 6 heteroatoms. The van der Waals surface area contributed by atoms with Gasteiger partial charge in [-0.1, -0.05) is 24.3 Å². The Morgan fingerprint density at radius 1 is 1.17 bits per heavy atom. The van der Waals surface area contributed by atoms with E-state index in [0.29, 0.717) is 23.6 Å². The lowest BCUT2D eigenvalue weighted by Gasteiger charge is -2.05. The lowest BCUT2D eigenvalue weighted by atomic mass is 10.1. The maximum Gasteiger partial charge on any atom is 0.260 e. The first-order valence-electron chi connectivity index (χ1n) is 7.42. The van der Waals surface area contributed by atoms with Gasteiger partial charge in [0.2, 0.25) is 0 Å². The first-order valence-corrected chi connectivity index (χ1v) is 7.42. The molecule has 0 aliphatic rings. The Hall–Kier alpha value is -2.89. The lowest BCUT2D eigenvalue weighted by Crippen LogP contribution is -2.13. The van der Waals surface area contributed by atoms with Gasteiger partial charge in [0.15, 0.2) is 5.82 Å². The van der Waals surface area contributed by atoms with Gasteiger partial charge < -0.3 is 5.32 Å². The van der Waals surface area contributed by atoms with E-state index in [2.05, 4.69) is 34.6 Å². The summed E-state index contributed by atoms with van der Waals surface area (Å²) < 4.78 is 3.44. The van der Waals surface area contributed by atoms with Crippen LogP contribution in [-0.2, 0) is 13.6 Å². The minimum absolute atomic E-state index is 0.197. The number of aryl methyl sites for hydroxylation is 3. The second kappa shape index (κ2) is 6.08. The van der Waals surface area contributed by atoms with Crippen LogP contribution < -0.4 is 5.32 Å². The van der Waals surface area contributed by atoms with Crippen LogP contribution in [0.1, 0.15) is 27.2 Å². The molecule has 3 rings (SSSR count). The molecule has 0 saturated carbocycles. The van der Waals surface area contributed by atoms with Crippen molar-refractivity contribution in [3.63, 3.8) is 0 Å². The second-order valence-corrected chi connectivity index (χ2v) is 5.58. The molecule has 6 nitrogen and oxygen atoms in total. The number of benzene rings is 1. The molecule has 2 aromatic heterocycles. The maximum atomic E-state index is 12.3. The molecule has 0 spiro atoms. The molecule has 0 fully saturated rings. The van der Waals surface area contributed by atoms with Gasteiger partial charge in [-0.15, -0.1) is 0 Å². The third-order valence-corrected chi connectivity index (χ3v) is 3.73. The first-order chi connectivity index (χ1) is 11.0. The molecule has 2 heterocycles. The monoisotopic (exact) mass is 309 g/mol. The fourth-order valence-electron chi connectivity index (χ4n) is 2.48. The van der Waals surface area contributed by atoms with E-state index >= 15 is 0 Å². The van der Waals surface area contributed by atoms with Gasteiger partial charge in [-0.2, -0.15) is 10.2 Å². The Labute approximate surface area is 134 Å². The molecule has 23 heavy (non-hydrogen) atoms. The molecule has 1 N–H and O–H groups in total. The minimum atomic E-state index is -0.197. The summed E-state index contributed by atoms with van der Waals surface area (Å²) in [5, 5.41) is 11.4. The van der Waals surface area contributed by atoms with Crippen LogP contribution in [0.5, 0.6) is 0 Å². The number of nitrogens with one attached hydrogen (secondary N) is 1. The van der Waals surface area contributed by atoms with Crippen LogP contribution in [0, 0.1) is 13.8 Å². The highest BCUT2D eigenvalue weighted by Gasteiger charge is 2.13. The summed E-state index contributed by atoms with van der Waals surface area (Å²) >= 11 is 0. The van der Waals surface area contributed by atoms with Gasteiger partial charge in [0.05, 0.1) is 17.8 Å². The molecule has 1 amide bonds. The first kappa shape index (κ1) is 15.0. The molecule has 1 aromatic carbocycles. The zero-order chi connectivity index (χ0) is 16.4. The highest BCUT2D eigenvalue weighted by molar-refractivity contribution is 6.04. The fraction of sp³-hybridized carbons (Fsp3) is 0.235. The quantitative estimate of drug-likeness (QED) is 0.805. The predicted molar refractivity (Wildman–Crippen MR) is 88.4 cm³/mol. The zero-order valence-electron chi connectivity index (χ0n) is 13.4. The predicted octanol–water partition coefficient (Wildman–Crippen LogP) is 2.53. The van der Waals surface area contributed by atoms with Crippen molar-refractivity contribution in [3.05, 3.63) is 65.1 Å². The molecule has 0 radical (unpaired) electrons. The van der Waals surface area contributed by atoms with Crippen LogP contribution in [0.2, 0.25) is 0 Å². The van der Waals surface area contributed by atoms with E-state index in [0.717, 1.165) is 0 Å². The average Bonchev–Trinajstić information content (AvgIpc) is 3.07. The molecular weight excluding hydrogens is 290 g/mol. The Balaban J connectivity index is 1.71. The molecule has 0 atom stereocenters. The van der Waals surface area contributed by atoms with Crippen LogP contribution in [0.25, 0.3) is 0 Å². The van der Waals surface area contributed by atoms with E-state index in [1.807, 2.05) is 29.9 Å². The van der Waals surface area contributed by atoms with Crippen molar-refractivity contribution >= 4 is 11.7 Å². The molecule has 0 saturated heterocycles.